The summed E-state index contributed by atoms with van der Waals surface area (Å²) in [5.74, 6) is -0.618. The van der Waals surface area contributed by atoms with E-state index in [9.17, 15) is 9.90 Å². The Kier molecular flexibility index (Phi) is 5.53. The maximum absolute atomic E-state index is 11.7. The molecule has 1 N–H and O–H groups in total. The van der Waals surface area contributed by atoms with Gasteiger partial charge in [0, 0.05) is 12.4 Å². The molecule has 0 bridgehead atoms. The van der Waals surface area contributed by atoms with Crippen LogP contribution in [0.3, 0.4) is 0 Å². The van der Waals surface area contributed by atoms with Crippen LogP contribution in [0.5, 0.6) is 5.75 Å². The second kappa shape index (κ2) is 7.59. The van der Waals surface area contributed by atoms with Crippen LogP contribution >= 0.6 is 0 Å². The molecule has 1 unspecified atom stereocenters. The fourth-order valence-corrected chi connectivity index (χ4v) is 2.43. The summed E-state index contributed by atoms with van der Waals surface area (Å²) in [7, 11) is 0. The molecule has 116 valence electrons. The molecule has 0 saturated heterocycles. The van der Waals surface area contributed by atoms with E-state index in [-0.39, 0.29) is 0 Å². The van der Waals surface area contributed by atoms with Crippen molar-refractivity contribution in [2.75, 3.05) is 6.61 Å². The van der Waals surface area contributed by atoms with Gasteiger partial charge in [-0.3, -0.25) is 9.78 Å². The Bertz CT molecular complexity index is 625. The van der Waals surface area contributed by atoms with Gasteiger partial charge in [0.1, 0.15) is 5.75 Å². The zero-order valence-electron chi connectivity index (χ0n) is 13.0. The Morgan fingerprint density at radius 3 is 2.77 bits per heavy atom. The van der Waals surface area contributed by atoms with Crippen molar-refractivity contribution in [3.8, 4) is 5.75 Å². The monoisotopic (exact) mass is 299 g/mol. The Hall–Kier alpha value is -2.36. The molecule has 0 spiro atoms. The van der Waals surface area contributed by atoms with Gasteiger partial charge in [0.25, 0.3) is 0 Å². The first-order valence-corrected chi connectivity index (χ1v) is 7.47. The molecule has 0 saturated carbocycles. The van der Waals surface area contributed by atoms with Crippen LogP contribution in [0.15, 0.2) is 42.7 Å². The van der Waals surface area contributed by atoms with Crippen molar-refractivity contribution < 1.29 is 14.6 Å². The molecule has 2 rings (SSSR count). The van der Waals surface area contributed by atoms with E-state index in [1.807, 2.05) is 37.3 Å². The van der Waals surface area contributed by atoms with E-state index in [4.69, 9.17) is 4.74 Å². The van der Waals surface area contributed by atoms with Gasteiger partial charge in [0.05, 0.1) is 12.5 Å². The van der Waals surface area contributed by atoms with E-state index in [0.717, 1.165) is 28.9 Å². The standard InChI is InChI=1S/C18H21NO3/c1-3-9-22-15-6-7-16(13(2)10-15)17(18(20)21)11-14-5-4-8-19-12-14/h4-8,10,12,17H,3,9,11H2,1-2H3,(H,20,21). The number of aliphatic carboxylic acids is 1. The molecule has 22 heavy (non-hydrogen) atoms. The molecule has 0 aliphatic carbocycles. The highest BCUT2D eigenvalue weighted by molar-refractivity contribution is 5.77. The van der Waals surface area contributed by atoms with Crippen LogP contribution < -0.4 is 4.74 Å². The minimum Gasteiger partial charge on any atom is -0.494 e. The summed E-state index contributed by atoms with van der Waals surface area (Å²) in [6.07, 6.45) is 4.77. The molecule has 2 aromatic rings. The van der Waals surface area contributed by atoms with E-state index in [2.05, 4.69) is 11.9 Å². The SMILES string of the molecule is CCCOc1ccc(C(Cc2cccnc2)C(=O)O)c(C)c1. The van der Waals surface area contributed by atoms with Crippen molar-refractivity contribution in [1.29, 1.82) is 0 Å². The van der Waals surface area contributed by atoms with E-state index < -0.39 is 11.9 Å². The van der Waals surface area contributed by atoms with Crippen molar-refractivity contribution in [3.63, 3.8) is 0 Å². The van der Waals surface area contributed by atoms with Gasteiger partial charge in [-0.05, 0) is 54.7 Å². The molecule has 4 heteroatoms. The van der Waals surface area contributed by atoms with Gasteiger partial charge in [0.2, 0.25) is 0 Å². The van der Waals surface area contributed by atoms with Gasteiger partial charge in [0.15, 0.2) is 0 Å². The highest BCUT2D eigenvalue weighted by Gasteiger charge is 2.22. The number of pyridine rings is 1. The first-order valence-electron chi connectivity index (χ1n) is 7.47. The van der Waals surface area contributed by atoms with E-state index >= 15 is 0 Å². The van der Waals surface area contributed by atoms with Crippen LogP contribution in [-0.2, 0) is 11.2 Å². The number of aromatic nitrogens is 1. The number of aryl methyl sites for hydroxylation is 1. The van der Waals surface area contributed by atoms with Crippen molar-refractivity contribution in [2.24, 2.45) is 0 Å². The van der Waals surface area contributed by atoms with Gasteiger partial charge in [-0.15, -0.1) is 0 Å². The number of benzene rings is 1. The lowest BCUT2D eigenvalue weighted by molar-refractivity contribution is -0.138. The molecule has 0 fully saturated rings. The highest BCUT2D eigenvalue weighted by atomic mass is 16.5. The van der Waals surface area contributed by atoms with Gasteiger partial charge in [-0.1, -0.05) is 19.1 Å². The summed E-state index contributed by atoms with van der Waals surface area (Å²) in [4.78, 5) is 15.7. The number of ether oxygens (including phenoxy) is 1. The Morgan fingerprint density at radius 1 is 1.36 bits per heavy atom. The lowest BCUT2D eigenvalue weighted by Gasteiger charge is -2.16. The van der Waals surface area contributed by atoms with E-state index in [1.165, 1.54) is 0 Å². The summed E-state index contributed by atoms with van der Waals surface area (Å²) in [6, 6.07) is 9.33. The third-order valence-corrected chi connectivity index (χ3v) is 3.55. The predicted molar refractivity (Wildman–Crippen MR) is 85.3 cm³/mol. The molecular weight excluding hydrogens is 278 g/mol. The smallest absolute Gasteiger partial charge is 0.311 e. The first kappa shape index (κ1) is 16.0. The Morgan fingerprint density at radius 2 is 2.18 bits per heavy atom. The third kappa shape index (κ3) is 4.07. The van der Waals surface area contributed by atoms with Crippen LogP contribution in [0.25, 0.3) is 0 Å². The molecule has 1 atom stereocenters. The topological polar surface area (TPSA) is 59.4 Å². The van der Waals surface area contributed by atoms with Crippen LogP contribution in [0.4, 0.5) is 0 Å². The summed E-state index contributed by atoms with van der Waals surface area (Å²) >= 11 is 0. The van der Waals surface area contributed by atoms with Crippen molar-refractivity contribution in [1.82, 2.24) is 4.98 Å². The quantitative estimate of drug-likeness (QED) is 0.848. The van der Waals surface area contributed by atoms with Crippen LogP contribution in [0, 0.1) is 6.92 Å². The number of hydrogen-bond donors (Lipinski definition) is 1. The first-order chi connectivity index (χ1) is 10.6. The average molecular weight is 299 g/mol. The van der Waals surface area contributed by atoms with Gasteiger partial charge < -0.3 is 9.84 Å². The maximum Gasteiger partial charge on any atom is 0.311 e. The molecular formula is C18H21NO3. The number of carbonyl (C=O) groups is 1. The summed E-state index contributed by atoms with van der Waals surface area (Å²) in [6.45, 7) is 4.64. The van der Waals surface area contributed by atoms with Crippen molar-refractivity contribution in [3.05, 3.63) is 59.4 Å². The molecule has 0 radical (unpaired) electrons. The molecule has 1 aromatic carbocycles. The van der Waals surface area contributed by atoms with Crippen molar-refractivity contribution in [2.45, 2.75) is 32.6 Å². The fraction of sp³-hybridized carbons (Fsp3) is 0.333. The highest BCUT2D eigenvalue weighted by Crippen LogP contribution is 2.27. The average Bonchev–Trinajstić information content (AvgIpc) is 2.52. The Balaban J connectivity index is 2.23. The van der Waals surface area contributed by atoms with Gasteiger partial charge in [-0.2, -0.15) is 0 Å². The molecule has 0 aliphatic heterocycles. The zero-order chi connectivity index (χ0) is 15.9. The Labute approximate surface area is 130 Å². The number of carboxylic acid groups (broad SMARTS) is 1. The second-order valence-electron chi connectivity index (χ2n) is 5.32. The van der Waals surface area contributed by atoms with Crippen LogP contribution in [0.2, 0.25) is 0 Å². The van der Waals surface area contributed by atoms with Gasteiger partial charge in [-0.25, -0.2) is 0 Å². The van der Waals surface area contributed by atoms with Crippen LogP contribution in [-0.4, -0.2) is 22.7 Å². The molecule has 0 aliphatic rings. The molecule has 1 aromatic heterocycles. The third-order valence-electron chi connectivity index (χ3n) is 3.55. The summed E-state index contributed by atoms with van der Waals surface area (Å²) in [5.41, 5.74) is 2.67. The summed E-state index contributed by atoms with van der Waals surface area (Å²) < 4.78 is 5.59. The number of carboxylic acids is 1. The summed E-state index contributed by atoms with van der Waals surface area (Å²) in [5, 5.41) is 9.57. The predicted octanol–water partition coefficient (Wildman–Crippen LogP) is 3.59. The van der Waals surface area contributed by atoms with E-state index in [0.29, 0.717) is 13.0 Å². The van der Waals surface area contributed by atoms with Crippen LogP contribution in [0.1, 0.15) is 36.0 Å². The molecule has 4 nitrogen and oxygen atoms in total. The number of hydrogen-bond acceptors (Lipinski definition) is 3. The minimum absolute atomic E-state index is 0.430. The molecule has 1 heterocycles. The van der Waals surface area contributed by atoms with Gasteiger partial charge >= 0.3 is 5.97 Å². The lowest BCUT2D eigenvalue weighted by Crippen LogP contribution is -2.16. The normalized spacial score (nSPS) is 11.9. The fourth-order valence-electron chi connectivity index (χ4n) is 2.43. The minimum atomic E-state index is -0.825. The maximum atomic E-state index is 11.7. The largest absolute Gasteiger partial charge is 0.494 e. The number of nitrogens with zero attached hydrogens (tertiary/aromatic N) is 1. The second-order valence-corrected chi connectivity index (χ2v) is 5.32. The van der Waals surface area contributed by atoms with Crippen molar-refractivity contribution >= 4 is 5.97 Å². The number of rotatable bonds is 7. The van der Waals surface area contributed by atoms with E-state index in [1.54, 1.807) is 12.4 Å². The molecule has 0 amide bonds. The lowest BCUT2D eigenvalue weighted by atomic mass is 9.89. The zero-order valence-corrected chi connectivity index (χ0v) is 13.0.